The summed E-state index contributed by atoms with van der Waals surface area (Å²) in [4.78, 5) is 18.9. The Morgan fingerprint density at radius 2 is 2.04 bits per heavy atom. The molecule has 1 atom stereocenters. The van der Waals surface area contributed by atoms with E-state index in [4.69, 9.17) is 4.74 Å². The lowest BCUT2D eigenvalue weighted by atomic mass is 9.97. The molecular weight excluding hydrogens is 288 g/mol. The monoisotopic (exact) mass is 310 g/mol. The van der Waals surface area contributed by atoms with Crippen LogP contribution in [0.4, 0.5) is 4.79 Å². The molecule has 120 valence electrons. The first-order valence-corrected chi connectivity index (χ1v) is 8.14. The topological polar surface area (TPSA) is 42.4 Å². The number of hydrogen-bond acceptors (Lipinski definition) is 3. The summed E-state index contributed by atoms with van der Waals surface area (Å²) in [5, 5.41) is 0. The van der Waals surface area contributed by atoms with Gasteiger partial charge in [-0.1, -0.05) is 36.4 Å². The molecule has 0 spiro atoms. The highest BCUT2D eigenvalue weighted by atomic mass is 16.6. The molecule has 2 heterocycles. The number of nitrogens with zero attached hydrogens (tertiary/aromatic N) is 2. The average Bonchev–Trinajstić information content (AvgIpc) is 2.61. The molecule has 1 fully saturated rings. The van der Waals surface area contributed by atoms with Crippen molar-refractivity contribution in [2.75, 3.05) is 6.54 Å². The third kappa shape index (κ3) is 3.70. The largest absolute Gasteiger partial charge is 0.445 e. The Bertz CT molecular complexity index is 657. The van der Waals surface area contributed by atoms with Crippen molar-refractivity contribution in [3.63, 3.8) is 0 Å². The van der Waals surface area contributed by atoms with E-state index in [0.717, 1.165) is 42.6 Å². The van der Waals surface area contributed by atoms with Gasteiger partial charge in [-0.25, -0.2) is 4.79 Å². The fourth-order valence-corrected chi connectivity index (χ4v) is 3.08. The number of hydrogen-bond donors (Lipinski definition) is 0. The molecule has 1 aromatic heterocycles. The molecule has 1 aliphatic rings. The first-order chi connectivity index (χ1) is 11.3. The molecule has 4 nitrogen and oxygen atoms in total. The lowest BCUT2D eigenvalue weighted by Crippen LogP contribution is -2.39. The lowest BCUT2D eigenvalue weighted by molar-refractivity contribution is 0.0668. The van der Waals surface area contributed by atoms with Crippen LogP contribution in [0.5, 0.6) is 0 Å². The number of carbonyl (C=O) groups is 1. The molecule has 1 aromatic carbocycles. The van der Waals surface area contributed by atoms with Gasteiger partial charge in [0.05, 0.1) is 11.7 Å². The summed E-state index contributed by atoms with van der Waals surface area (Å²) in [6, 6.07) is 13.8. The second-order valence-corrected chi connectivity index (χ2v) is 5.95. The van der Waals surface area contributed by atoms with Gasteiger partial charge in [-0.2, -0.15) is 0 Å². The first-order valence-electron chi connectivity index (χ1n) is 8.14. The van der Waals surface area contributed by atoms with E-state index in [1.807, 2.05) is 54.3 Å². The molecule has 0 radical (unpaired) electrons. The van der Waals surface area contributed by atoms with Crippen LogP contribution in [0, 0.1) is 6.92 Å². The second-order valence-electron chi connectivity index (χ2n) is 5.95. The van der Waals surface area contributed by atoms with E-state index in [-0.39, 0.29) is 12.1 Å². The maximum Gasteiger partial charge on any atom is 0.410 e. The SMILES string of the molecule is Cc1cccnc1C1CCCCN1C(=O)OCc1ccccc1. The van der Waals surface area contributed by atoms with Crippen LogP contribution in [0.1, 0.15) is 42.1 Å². The molecule has 2 aromatic rings. The van der Waals surface area contributed by atoms with Crippen LogP contribution in [-0.4, -0.2) is 22.5 Å². The average molecular weight is 310 g/mol. The number of piperidine rings is 1. The van der Waals surface area contributed by atoms with Gasteiger partial charge in [0.1, 0.15) is 6.61 Å². The van der Waals surface area contributed by atoms with Gasteiger partial charge in [-0.15, -0.1) is 0 Å². The van der Waals surface area contributed by atoms with Crippen molar-refractivity contribution in [3.05, 3.63) is 65.5 Å². The highest BCUT2D eigenvalue weighted by Crippen LogP contribution is 2.31. The number of amides is 1. The second kappa shape index (κ2) is 7.27. The van der Waals surface area contributed by atoms with E-state index in [9.17, 15) is 4.79 Å². The van der Waals surface area contributed by atoms with E-state index in [2.05, 4.69) is 4.98 Å². The van der Waals surface area contributed by atoms with Crippen molar-refractivity contribution in [2.24, 2.45) is 0 Å². The molecule has 0 saturated carbocycles. The standard InChI is InChI=1S/C19H22N2O2/c1-15-8-7-12-20-18(15)17-11-5-6-13-21(17)19(22)23-14-16-9-3-2-4-10-16/h2-4,7-10,12,17H,5-6,11,13-14H2,1H3. The number of benzene rings is 1. The van der Waals surface area contributed by atoms with E-state index < -0.39 is 0 Å². The Kier molecular flexibility index (Phi) is 4.91. The Morgan fingerprint density at radius 3 is 2.83 bits per heavy atom. The molecule has 1 saturated heterocycles. The van der Waals surface area contributed by atoms with E-state index in [0.29, 0.717) is 6.61 Å². The fourth-order valence-electron chi connectivity index (χ4n) is 3.08. The van der Waals surface area contributed by atoms with Crippen LogP contribution in [0.3, 0.4) is 0 Å². The number of rotatable bonds is 3. The molecule has 1 unspecified atom stereocenters. The Labute approximate surface area is 137 Å². The van der Waals surface area contributed by atoms with Gasteiger partial charge in [0.25, 0.3) is 0 Å². The Morgan fingerprint density at radius 1 is 1.22 bits per heavy atom. The number of aromatic nitrogens is 1. The minimum absolute atomic E-state index is 0.0215. The molecule has 0 N–H and O–H groups in total. The normalized spacial score (nSPS) is 17.8. The lowest BCUT2D eigenvalue weighted by Gasteiger charge is -2.35. The fraction of sp³-hybridized carbons (Fsp3) is 0.368. The third-order valence-electron chi connectivity index (χ3n) is 4.31. The van der Waals surface area contributed by atoms with Gasteiger partial charge in [0, 0.05) is 12.7 Å². The van der Waals surface area contributed by atoms with Crippen LogP contribution in [0.2, 0.25) is 0 Å². The van der Waals surface area contributed by atoms with E-state index in [1.165, 1.54) is 0 Å². The van der Waals surface area contributed by atoms with Crippen LogP contribution in [0.25, 0.3) is 0 Å². The van der Waals surface area contributed by atoms with Gasteiger partial charge in [0.2, 0.25) is 0 Å². The van der Waals surface area contributed by atoms with Gasteiger partial charge in [0.15, 0.2) is 0 Å². The summed E-state index contributed by atoms with van der Waals surface area (Å²) in [5.74, 6) is 0. The van der Waals surface area contributed by atoms with E-state index >= 15 is 0 Å². The first kappa shape index (κ1) is 15.5. The van der Waals surface area contributed by atoms with Crippen molar-refractivity contribution in [1.29, 1.82) is 0 Å². The summed E-state index contributed by atoms with van der Waals surface area (Å²) in [7, 11) is 0. The van der Waals surface area contributed by atoms with Crippen LogP contribution < -0.4 is 0 Å². The maximum absolute atomic E-state index is 12.5. The summed E-state index contributed by atoms with van der Waals surface area (Å²) >= 11 is 0. The number of likely N-dealkylation sites (tertiary alicyclic amines) is 1. The predicted molar refractivity (Wildman–Crippen MR) is 88.9 cm³/mol. The molecule has 3 rings (SSSR count). The van der Waals surface area contributed by atoms with Gasteiger partial charge in [-0.3, -0.25) is 9.88 Å². The minimum atomic E-state index is -0.247. The third-order valence-corrected chi connectivity index (χ3v) is 4.31. The number of aryl methyl sites for hydroxylation is 1. The quantitative estimate of drug-likeness (QED) is 0.851. The zero-order valence-corrected chi connectivity index (χ0v) is 13.4. The van der Waals surface area contributed by atoms with Crippen LogP contribution in [0.15, 0.2) is 48.7 Å². The number of ether oxygens (including phenoxy) is 1. The maximum atomic E-state index is 12.5. The van der Waals surface area contributed by atoms with Crippen molar-refractivity contribution < 1.29 is 9.53 Å². The molecule has 4 heteroatoms. The van der Waals surface area contributed by atoms with Gasteiger partial charge in [-0.05, 0) is 43.4 Å². The smallest absolute Gasteiger partial charge is 0.410 e. The van der Waals surface area contributed by atoms with Crippen molar-refractivity contribution in [1.82, 2.24) is 9.88 Å². The predicted octanol–water partition coefficient (Wildman–Crippen LogP) is 4.25. The Hall–Kier alpha value is -2.36. The summed E-state index contributed by atoms with van der Waals surface area (Å²) < 4.78 is 5.52. The molecule has 1 amide bonds. The van der Waals surface area contributed by atoms with Crippen molar-refractivity contribution in [2.45, 2.75) is 38.8 Å². The molecule has 1 aliphatic heterocycles. The molecule has 23 heavy (non-hydrogen) atoms. The zero-order valence-electron chi connectivity index (χ0n) is 13.4. The minimum Gasteiger partial charge on any atom is -0.445 e. The molecular formula is C19H22N2O2. The number of carbonyl (C=O) groups excluding carboxylic acids is 1. The van der Waals surface area contributed by atoms with Crippen LogP contribution >= 0.6 is 0 Å². The highest BCUT2D eigenvalue weighted by Gasteiger charge is 2.30. The van der Waals surface area contributed by atoms with Crippen molar-refractivity contribution >= 4 is 6.09 Å². The van der Waals surface area contributed by atoms with E-state index in [1.54, 1.807) is 6.20 Å². The van der Waals surface area contributed by atoms with Gasteiger partial charge >= 0.3 is 6.09 Å². The van der Waals surface area contributed by atoms with Crippen LogP contribution in [-0.2, 0) is 11.3 Å². The Balaban J connectivity index is 1.71. The molecule has 0 bridgehead atoms. The zero-order chi connectivity index (χ0) is 16.1. The van der Waals surface area contributed by atoms with Gasteiger partial charge < -0.3 is 4.74 Å². The summed E-state index contributed by atoms with van der Waals surface area (Å²) in [6.07, 6.45) is 4.62. The number of pyridine rings is 1. The summed E-state index contributed by atoms with van der Waals surface area (Å²) in [5.41, 5.74) is 3.12. The molecule has 0 aliphatic carbocycles. The highest BCUT2D eigenvalue weighted by molar-refractivity contribution is 5.68. The van der Waals surface area contributed by atoms with Crippen molar-refractivity contribution in [3.8, 4) is 0 Å². The summed E-state index contributed by atoms with van der Waals surface area (Å²) in [6.45, 7) is 3.09.